The van der Waals surface area contributed by atoms with Crippen molar-refractivity contribution in [3.05, 3.63) is 108 Å². The number of nitrogens with zero attached hydrogens (tertiary/aromatic N) is 5. The maximum atomic E-state index is 12.6. The van der Waals surface area contributed by atoms with Crippen molar-refractivity contribution < 1.29 is 28.8 Å². The van der Waals surface area contributed by atoms with Gasteiger partial charge in [0.15, 0.2) is 17.0 Å². The summed E-state index contributed by atoms with van der Waals surface area (Å²) in [5, 5.41) is 11.4. The van der Waals surface area contributed by atoms with Gasteiger partial charge in [0.05, 0.1) is 33.3 Å². The van der Waals surface area contributed by atoms with Gasteiger partial charge in [-0.15, -0.1) is 12.3 Å². The van der Waals surface area contributed by atoms with E-state index in [1.54, 1.807) is 30.0 Å². The van der Waals surface area contributed by atoms with Gasteiger partial charge < -0.3 is 24.1 Å². The minimum absolute atomic E-state index is 0.0628. The number of anilines is 1. The first kappa shape index (κ1) is 34.6. The van der Waals surface area contributed by atoms with Crippen LogP contribution in [0.25, 0.3) is 11.2 Å². The molecule has 5 aromatic rings. The minimum atomic E-state index is -1.07. The van der Waals surface area contributed by atoms with Crippen molar-refractivity contribution in [2.75, 3.05) is 32.3 Å². The molecule has 1 N–H and O–H groups in total. The summed E-state index contributed by atoms with van der Waals surface area (Å²) in [6.07, 6.45) is 8.77. The summed E-state index contributed by atoms with van der Waals surface area (Å²) in [4.78, 5) is 27.7. The molecule has 258 valence electrons. The monoisotopic (exact) mass is 675 g/mol. The largest absolute Gasteiger partial charge is 0.497 e. The van der Waals surface area contributed by atoms with Crippen molar-refractivity contribution in [3.8, 4) is 23.8 Å². The topological polar surface area (TPSA) is 121 Å². The number of ether oxygens (including phenoxy) is 4. The lowest BCUT2D eigenvalue weighted by Gasteiger charge is -2.37. The highest BCUT2D eigenvalue weighted by molar-refractivity contribution is 5.97. The van der Waals surface area contributed by atoms with Crippen molar-refractivity contribution in [1.29, 1.82) is 0 Å². The van der Waals surface area contributed by atoms with Gasteiger partial charge in [0.2, 0.25) is 5.91 Å². The third-order valence-electron chi connectivity index (χ3n) is 9.08. The molecule has 1 aliphatic heterocycles. The lowest BCUT2D eigenvalue weighted by Crippen LogP contribution is -2.38. The van der Waals surface area contributed by atoms with Crippen LogP contribution in [0.5, 0.6) is 11.5 Å². The van der Waals surface area contributed by atoms with E-state index in [0.29, 0.717) is 29.9 Å². The number of benzene rings is 3. The van der Waals surface area contributed by atoms with Gasteiger partial charge in [-0.1, -0.05) is 54.6 Å². The molecule has 0 saturated carbocycles. The van der Waals surface area contributed by atoms with Crippen LogP contribution in [-0.2, 0) is 19.9 Å². The van der Waals surface area contributed by atoms with Crippen LogP contribution >= 0.6 is 0 Å². The van der Waals surface area contributed by atoms with Gasteiger partial charge in [-0.2, -0.15) is 0 Å². The van der Waals surface area contributed by atoms with Crippen LogP contribution in [0, 0.1) is 12.3 Å². The van der Waals surface area contributed by atoms with Crippen LogP contribution in [0.2, 0.25) is 0 Å². The molecule has 0 unspecified atom stereocenters. The minimum Gasteiger partial charge on any atom is -0.497 e. The Hall–Kier alpha value is -5.28. The van der Waals surface area contributed by atoms with Gasteiger partial charge >= 0.3 is 0 Å². The molecule has 1 saturated heterocycles. The molecule has 0 bridgehead atoms. The summed E-state index contributed by atoms with van der Waals surface area (Å²) >= 11 is 0. The van der Waals surface area contributed by atoms with Gasteiger partial charge in [-0.25, -0.2) is 15.0 Å². The average molecular weight is 676 g/mol. The summed E-state index contributed by atoms with van der Waals surface area (Å²) in [5.41, 5.74) is 2.55. The number of amides is 1. The number of rotatable bonds is 14. The standard InChI is InChI=1S/C39H41N5O6/c1-5-6-7-11-22-43(27(2)45)37-36-38(41-25-40-37)44(26-42-36)35-23-33(46)34(50-35)24-49-39(28-12-9-8-10-13-28,29-14-18-31(47-3)19-15-29)30-16-20-32(48-4)21-17-30/h1,8-10,12-21,25-26,33-35,46H,6-7,11,22-24H2,2-4H3/t33-,34+,35+/m0/s1. The SMILES string of the molecule is C#CCCCCN(C(C)=O)c1ncnc2c1ncn2[C@H]1C[C@H](O)[C@@H](COC(c2ccccc2)(c2ccc(OC)cc2)c2ccc(OC)cc2)O1. The summed E-state index contributed by atoms with van der Waals surface area (Å²) in [7, 11) is 3.26. The Morgan fingerprint density at radius 1 is 0.960 bits per heavy atom. The number of terminal acetylenes is 1. The molecule has 0 radical (unpaired) electrons. The maximum Gasteiger partial charge on any atom is 0.225 e. The first-order chi connectivity index (χ1) is 24.4. The van der Waals surface area contributed by atoms with Crippen molar-refractivity contribution in [3.63, 3.8) is 0 Å². The van der Waals surface area contributed by atoms with Crippen LogP contribution in [-0.4, -0.2) is 70.1 Å². The van der Waals surface area contributed by atoms with E-state index in [0.717, 1.165) is 41.0 Å². The van der Waals surface area contributed by atoms with Crippen molar-refractivity contribution >= 4 is 22.9 Å². The van der Waals surface area contributed by atoms with E-state index in [4.69, 9.17) is 25.4 Å². The van der Waals surface area contributed by atoms with Crippen LogP contribution in [0.1, 0.15) is 55.5 Å². The van der Waals surface area contributed by atoms with E-state index < -0.39 is 24.0 Å². The Kier molecular flexibility index (Phi) is 10.7. The van der Waals surface area contributed by atoms with E-state index in [2.05, 4.69) is 20.9 Å². The quantitative estimate of drug-likeness (QED) is 0.0904. The molecular weight excluding hydrogens is 634 g/mol. The highest BCUT2D eigenvalue weighted by Gasteiger charge is 2.42. The molecule has 1 fully saturated rings. The number of aromatic nitrogens is 4. The maximum absolute atomic E-state index is 12.6. The van der Waals surface area contributed by atoms with Crippen molar-refractivity contribution in [2.45, 2.75) is 56.6 Å². The van der Waals surface area contributed by atoms with Gasteiger partial charge in [-0.3, -0.25) is 14.3 Å². The van der Waals surface area contributed by atoms with Crippen molar-refractivity contribution in [2.24, 2.45) is 0 Å². The summed E-state index contributed by atoms with van der Waals surface area (Å²) in [6.45, 7) is 2.02. The Morgan fingerprint density at radius 2 is 1.60 bits per heavy atom. The molecular formula is C39H41N5O6. The number of aliphatic hydroxyl groups is 1. The number of carbonyl (C=O) groups excluding carboxylic acids is 1. The number of unbranched alkanes of at least 4 members (excludes halogenated alkanes) is 2. The van der Waals surface area contributed by atoms with Gasteiger partial charge in [0.1, 0.15) is 35.8 Å². The third-order valence-corrected chi connectivity index (χ3v) is 9.08. The smallest absolute Gasteiger partial charge is 0.225 e. The van der Waals surface area contributed by atoms with Gasteiger partial charge in [0, 0.05) is 26.3 Å². The second-order valence-electron chi connectivity index (χ2n) is 12.1. The molecule has 3 heterocycles. The second-order valence-corrected chi connectivity index (χ2v) is 12.1. The molecule has 3 atom stereocenters. The highest BCUT2D eigenvalue weighted by atomic mass is 16.6. The first-order valence-corrected chi connectivity index (χ1v) is 16.6. The van der Waals surface area contributed by atoms with E-state index in [9.17, 15) is 9.90 Å². The fourth-order valence-electron chi connectivity index (χ4n) is 6.47. The number of imidazole rings is 1. The number of hydrogen-bond acceptors (Lipinski definition) is 9. The third kappa shape index (κ3) is 6.91. The fourth-order valence-corrected chi connectivity index (χ4v) is 6.47. The molecule has 1 amide bonds. The van der Waals surface area contributed by atoms with E-state index in [1.807, 2.05) is 78.9 Å². The summed E-state index contributed by atoms with van der Waals surface area (Å²) in [5.74, 6) is 4.35. The number of methoxy groups -OCH3 is 2. The molecule has 50 heavy (non-hydrogen) atoms. The number of carbonyl (C=O) groups is 1. The zero-order chi connectivity index (χ0) is 35.1. The number of fused-ring (bicyclic) bond motifs is 1. The molecule has 11 nitrogen and oxygen atoms in total. The molecule has 3 aromatic carbocycles. The Bertz CT molecular complexity index is 1880. The summed E-state index contributed by atoms with van der Waals surface area (Å²) < 4.78 is 26.2. The average Bonchev–Trinajstić information content (AvgIpc) is 3.76. The predicted molar refractivity (Wildman–Crippen MR) is 189 cm³/mol. The first-order valence-electron chi connectivity index (χ1n) is 16.6. The van der Waals surface area contributed by atoms with Gasteiger partial charge in [-0.05, 0) is 53.8 Å². The normalized spacial score (nSPS) is 17.4. The fraction of sp³-hybridized carbons (Fsp3) is 0.333. The molecule has 0 aliphatic carbocycles. The molecule has 1 aliphatic rings. The summed E-state index contributed by atoms with van der Waals surface area (Å²) in [6, 6.07) is 25.5. The molecule has 0 spiro atoms. The Morgan fingerprint density at radius 3 is 2.20 bits per heavy atom. The second kappa shape index (κ2) is 15.5. The highest BCUT2D eigenvalue weighted by Crippen LogP contribution is 2.43. The van der Waals surface area contributed by atoms with Crippen LogP contribution in [0.4, 0.5) is 5.82 Å². The van der Waals surface area contributed by atoms with Crippen LogP contribution in [0.15, 0.2) is 91.5 Å². The number of aliphatic hydroxyl groups excluding tert-OH is 1. The molecule has 11 heteroatoms. The number of hydrogen-bond donors (Lipinski definition) is 1. The Balaban J connectivity index is 1.30. The zero-order valence-electron chi connectivity index (χ0n) is 28.4. The lowest BCUT2D eigenvalue weighted by atomic mass is 9.80. The van der Waals surface area contributed by atoms with E-state index >= 15 is 0 Å². The molecule has 2 aromatic heterocycles. The van der Waals surface area contributed by atoms with Crippen LogP contribution < -0.4 is 14.4 Å². The van der Waals surface area contributed by atoms with E-state index in [-0.39, 0.29) is 18.9 Å². The van der Waals surface area contributed by atoms with E-state index in [1.165, 1.54) is 13.3 Å². The predicted octanol–water partition coefficient (Wildman–Crippen LogP) is 5.66. The Labute approximate surface area is 291 Å². The lowest BCUT2D eigenvalue weighted by molar-refractivity contribution is -0.116. The molecule has 6 rings (SSSR count). The van der Waals surface area contributed by atoms with Crippen molar-refractivity contribution in [1.82, 2.24) is 19.5 Å². The van der Waals surface area contributed by atoms with Gasteiger partial charge in [0.25, 0.3) is 0 Å². The zero-order valence-corrected chi connectivity index (χ0v) is 28.4. The van der Waals surface area contributed by atoms with Crippen LogP contribution in [0.3, 0.4) is 0 Å².